The van der Waals surface area contributed by atoms with Gasteiger partial charge in [0.15, 0.2) is 0 Å². The molecule has 1 aliphatic carbocycles. The maximum atomic E-state index is 13.6. The number of nitrogens with one attached hydrogen (secondary N) is 2. The molecule has 7 heteroatoms. The van der Waals surface area contributed by atoms with Crippen LogP contribution in [0.4, 0.5) is 5.69 Å². The Bertz CT molecular complexity index is 1770. The molecule has 0 spiro atoms. The average molecular weight is 478 g/mol. The molecule has 2 aromatic carbocycles. The summed E-state index contributed by atoms with van der Waals surface area (Å²) in [5.41, 5.74) is 5.47. The molecule has 7 rings (SSSR count). The molecule has 4 aromatic heterocycles. The van der Waals surface area contributed by atoms with E-state index in [1.807, 2.05) is 36.5 Å². The Morgan fingerprint density at radius 3 is 3.00 bits per heavy atom. The number of aryl methyl sites for hydroxylation is 1. The SMILES string of the molecule is O=c1c2c3c(sc2ncn1Cc1cccc2cccnc12)CC(Nc1ccc2[nH]ccc2c1)CC3. The van der Waals surface area contributed by atoms with Gasteiger partial charge in [0.05, 0.1) is 23.8 Å². The van der Waals surface area contributed by atoms with Gasteiger partial charge in [-0.1, -0.05) is 24.3 Å². The van der Waals surface area contributed by atoms with E-state index >= 15 is 0 Å². The first-order chi connectivity index (χ1) is 17.2. The van der Waals surface area contributed by atoms with Crippen LogP contribution in [0.25, 0.3) is 32.0 Å². The van der Waals surface area contributed by atoms with Crippen LogP contribution in [0.15, 0.2) is 78.1 Å². The second-order valence-corrected chi connectivity index (χ2v) is 10.3. The summed E-state index contributed by atoms with van der Waals surface area (Å²) in [6, 6.07) is 19.0. The number of H-pyrrole nitrogens is 1. The lowest BCUT2D eigenvalue weighted by Gasteiger charge is -2.24. The van der Waals surface area contributed by atoms with E-state index in [9.17, 15) is 4.79 Å². The number of para-hydroxylation sites is 1. The third-order valence-corrected chi connectivity index (χ3v) is 8.18. The maximum Gasteiger partial charge on any atom is 0.262 e. The van der Waals surface area contributed by atoms with Crippen molar-refractivity contribution in [3.8, 4) is 0 Å². The molecule has 0 saturated heterocycles. The zero-order valence-electron chi connectivity index (χ0n) is 19.0. The number of aromatic nitrogens is 4. The maximum absolute atomic E-state index is 13.6. The van der Waals surface area contributed by atoms with Crippen LogP contribution >= 0.6 is 11.3 Å². The Balaban J connectivity index is 1.19. The van der Waals surface area contributed by atoms with E-state index in [-0.39, 0.29) is 5.56 Å². The van der Waals surface area contributed by atoms with Gasteiger partial charge in [-0.2, -0.15) is 0 Å². The van der Waals surface area contributed by atoms with Gasteiger partial charge in [0, 0.05) is 51.7 Å². The molecule has 6 nitrogen and oxygen atoms in total. The van der Waals surface area contributed by atoms with Crippen molar-refractivity contribution in [2.24, 2.45) is 0 Å². The van der Waals surface area contributed by atoms with Crippen molar-refractivity contribution in [1.29, 1.82) is 0 Å². The molecule has 172 valence electrons. The lowest BCUT2D eigenvalue weighted by atomic mass is 9.93. The first kappa shape index (κ1) is 20.4. The third kappa shape index (κ3) is 3.51. The van der Waals surface area contributed by atoms with Crippen LogP contribution in [-0.4, -0.2) is 25.6 Å². The fourth-order valence-electron chi connectivity index (χ4n) is 5.29. The highest BCUT2D eigenvalue weighted by Gasteiger charge is 2.25. The number of benzene rings is 2. The molecule has 0 amide bonds. The van der Waals surface area contributed by atoms with E-state index in [1.54, 1.807) is 28.4 Å². The lowest BCUT2D eigenvalue weighted by Crippen LogP contribution is -2.27. The Morgan fingerprint density at radius 1 is 1.09 bits per heavy atom. The van der Waals surface area contributed by atoms with Crippen molar-refractivity contribution in [3.63, 3.8) is 0 Å². The number of hydrogen-bond acceptors (Lipinski definition) is 5. The van der Waals surface area contributed by atoms with Crippen LogP contribution in [0.2, 0.25) is 0 Å². The molecule has 0 aliphatic heterocycles. The van der Waals surface area contributed by atoms with Gasteiger partial charge >= 0.3 is 0 Å². The van der Waals surface area contributed by atoms with Gasteiger partial charge in [-0.15, -0.1) is 11.3 Å². The molecule has 1 aliphatic rings. The zero-order valence-corrected chi connectivity index (χ0v) is 19.8. The fraction of sp³-hybridized carbons (Fsp3) is 0.179. The number of thiophene rings is 1. The minimum absolute atomic E-state index is 0.0461. The van der Waals surface area contributed by atoms with Gasteiger partial charge in [-0.05, 0) is 54.3 Å². The number of aromatic amines is 1. The highest BCUT2D eigenvalue weighted by Crippen LogP contribution is 2.35. The first-order valence-electron chi connectivity index (χ1n) is 11.9. The lowest BCUT2D eigenvalue weighted by molar-refractivity contribution is 0.621. The largest absolute Gasteiger partial charge is 0.382 e. The topological polar surface area (TPSA) is 75.6 Å². The van der Waals surface area contributed by atoms with Gasteiger partial charge in [0.2, 0.25) is 0 Å². The monoisotopic (exact) mass is 477 g/mol. The molecule has 0 saturated carbocycles. The summed E-state index contributed by atoms with van der Waals surface area (Å²) in [6.07, 6.45) is 8.24. The minimum Gasteiger partial charge on any atom is -0.382 e. The molecule has 2 N–H and O–H groups in total. The van der Waals surface area contributed by atoms with Gasteiger partial charge in [0.1, 0.15) is 4.83 Å². The molecule has 0 fully saturated rings. The number of fused-ring (bicyclic) bond motifs is 5. The van der Waals surface area contributed by atoms with E-state index < -0.39 is 0 Å². The molecular weight excluding hydrogens is 454 g/mol. The molecule has 1 atom stereocenters. The number of hydrogen-bond donors (Lipinski definition) is 2. The van der Waals surface area contributed by atoms with Crippen LogP contribution in [0, 0.1) is 0 Å². The van der Waals surface area contributed by atoms with Gasteiger partial charge in [0.25, 0.3) is 5.56 Å². The predicted octanol–water partition coefficient (Wildman–Crippen LogP) is 5.51. The number of pyridine rings is 1. The van der Waals surface area contributed by atoms with E-state index in [0.29, 0.717) is 12.6 Å². The molecule has 35 heavy (non-hydrogen) atoms. The van der Waals surface area contributed by atoms with Crippen molar-refractivity contribution in [2.45, 2.75) is 31.8 Å². The summed E-state index contributed by atoms with van der Waals surface area (Å²) in [6.45, 7) is 0.465. The third-order valence-electron chi connectivity index (χ3n) is 7.02. The van der Waals surface area contributed by atoms with Crippen molar-refractivity contribution < 1.29 is 0 Å². The summed E-state index contributed by atoms with van der Waals surface area (Å²) < 4.78 is 1.73. The Labute approximate surface area is 205 Å². The van der Waals surface area contributed by atoms with Gasteiger partial charge in [-0.25, -0.2) is 4.98 Å². The summed E-state index contributed by atoms with van der Waals surface area (Å²) >= 11 is 1.67. The highest BCUT2D eigenvalue weighted by atomic mass is 32.1. The molecule has 4 heterocycles. The minimum atomic E-state index is 0.0461. The van der Waals surface area contributed by atoms with Crippen LogP contribution in [0.3, 0.4) is 0 Å². The first-order valence-corrected chi connectivity index (χ1v) is 12.7. The summed E-state index contributed by atoms with van der Waals surface area (Å²) in [4.78, 5) is 28.2. The van der Waals surface area contributed by atoms with Crippen LogP contribution in [0.1, 0.15) is 22.4 Å². The van der Waals surface area contributed by atoms with Gasteiger partial charge in [-0.3, -0.25) is 14.3 Å². The normalized spacial score (nSPS) is 15.6. The van der Waals surface area contributed by atoms with Crippen molar-refractivity contribution in [2.75, 3.05) is 5.32 Å². The van der Waals surface area contributed by atoms with Crippen LogP contribution in [-0.2, 0) is 19.4 Å². The standard InChI is InChI=1S/C28H23N5OS/c34-28-25-22-8-6-21(32-20-7-9-23-18(13-20)10-12-29-23)14-24(22)35-27(25)31-16-33(28)15-19-4-1-3-17-5-2-11-30-26(17)19/h1-5,7,9-13,16,21,29,32H,6,8,14-15H2. The van der Waals surface area contributed by atoms with Crippen molar-refractivity contribution in [3.05, 3.63) is 99.7 Å². The molecule has 0 radical (unpaired) electrons. The van der Waals surface area contributed by atoms with E-state index in [2.05, 4.69) is 39.6 Å². The summed E-state index contributed by atoms with van der Waals surface area (Å²) in [7, 11) is 0. The molecular formula is C28H23N5OS. The second kappa shape index (κ2) is 8.06. The van der Waals surface area contributed by atoms with Crippen molar-refractivity contribution in [1.82, 2.24) is 19.5 Å². The van der Waals surface area contributed by atoms with E-state index in [1.165, 1.54) is 15.8 Å². The number of anilines is 1. The van der Waals surface area contributed by atoms with E-state index in [0.717, 1.165) is 57.1 Å². The quantitative estimate of drug-likeness (QED) is 0.351. The highest BCUT2D eigenvalue weighted by molar-refractivity contribution is 7.18. The average Bonchev–Trinajstić information content (AvgIpc) is 3.50. The predicted molar refractivity (Wildman–Crippen MR) is 142 cm³/mol. The molecule has 6 aromatic rings. The summed E-state index contributed by atoms with van der Waals surface area (Å²) in [5, 5.41) is 6.79. The summed E-state index contributed by atoms with van der Waals surface area (Å²) in [5.74, 6) is 0. The molecule has 0 bridgehead atoms. The number of rotatable bonds is 4. The second-order valence-electron chi connectivity index (χ2n) is 9.22. The van der Waals surface area contributed by atoms with Crippen LogP contribution in [0.5, 0.6) is 0 Å². The fourth-order valence-corrected chi connectivity index (χ4v) is 6.55. The Morgan fingerprint density at radius 2 is 2.03 bits per heavy atom. The van der Waals surface area contributed by atoms with Crippen LogP contribution < -0.4 is 10.9 Å². The molecule has 1 unspecified atom stereocenters. The van der Waals surface area contributed by atoms with E-state index in [4.69, 9.17) is 4.98 Å². The zero-order chi connectivity index (χ0) is 23.4. The van der Waals surface area contributed by atoms with Gasteiger partial charge < -0.3 is 10.3 Å². The smallest absolute Gasteiger partial charge is 0.262 e. The Kier molecular flexibility index (Phi) is 4.70. The van der Waals surface area contributed by atoms with Crippen molar-refractivity contribution >= 4 is 49.0 Å². The Hall–Kier alpha value is -3.97. The number of nitrogens with zero attached hydrogens (tertiary/aromatic N) is 3.